The van der Waals surface area contributed by atoms with E-state index in [1.165, 1.54) is 0 Å². The summed E-state index contributed by atoms with van der Waals surface area (Å²) in [5.74, 6) is 0. The van der Waals surface area contributed by atoms with Gasteiger partial charge >= 0.3 is 0 Å². The van der Waals surface area contributed by atoms with Crippen LogP contribution in [0.25, 0.3) is 11.3 Å². The highest BCUT2D eigenvalue weighted by atomic mass is 14.8. The Morgan fingerprint density at radius 3 is 2.43 bits per heavy atom. The monoisotopic (exact) mass is 185 g/mol. The van der Waals surface area contributed by atoms with Crippen molar-refractivity contribution in [1.82, 2.24) is 9.97 Å². The van der Waals surface area contributed by atoms with Crippen molar-refractivity contribution in [3.63, 3.8) is 0 Å². The van der Waals surface area contributed by atoms with Gasteiger partial charge in [0.15, 0.2) is 0 Å². The summed E-state index contributed by atoms with van der Waals surface area (Å²) in [4.78, 5) is 8.46. The van der Waals surface area contributed by atoms with E-state index < -0.39 is 0 Å². The van der Waals surface area contributed by atoms with E-state index in [1.807, 2.05) is 31.2 Å². The SMILES string of the molecule is Cc1cncc(-c2ccc(N)cc2)n1. The van der Waals surface area contributed by atoms with E-state index in [9.17, 15) is 0 Å². The van der Waals surface area contributed by atoms with E-state index in [0.29, 0.717) is 0 Å². The molecule has 0 atom stereocenters. The van der Waals surface area contributed by atoms with Gasteiger partial charge in [0.1, 0.15) is 0 Å². The number of hydrogen-bond donors (Lipinski definition) is 1. The molecule has 0 aliphatic rings. The molecule has 3 heteroatoms. The summed E-state index contributed by atoms with van der Waals surface area (Å²) < 4.78 is 0. The van der Waals surface area contributed by atoms with Crippen molar-refractivity contribution in [2.75, 3.05) is 5.73 Å². The molecule has 0 bridgehead atoms. The molecule has 3 nitrogen and oxygen atoms in total. The van der Waals surface area contributed by atoms with Gasteiger partial charge in [0.05, 0.1) is 17.6 Å². The summed E-state index contributed by atoms with van der Waals surface area (Å²) in [7, 11) is 0. The Balaban J connectivity index is 2.44. The maximum Gasteiger partial charge on any atom is 0.0888 e. The second kappa shape index (κ2) is 3.46. The average Bonchev–Trinajstić information content (AvgIpc) is 2.19. The quantitative estimate of drug-likeness (QED) is 0.691. The van der Waals surface area contributed by atoms with E-state index in [-0.39, 0.29) is 0 Å². The lowest BCUT2D eigenvalue weighted by Crippen LogP contribution is -1.89. The van der Waals surface area contributed by atoms with E-state index in [1.54, 1.807) is 12.4 Å². The summed E-state index contributed by atoms with van der Waals surface area (Å²) >= 11 is 0. The summed E-state index contributed by atoms with van der Waals surface area (Å²) in [5, 5.41) is 0. The zero-order valence-corrected chi connectivity index (χ0v) is 7.94. The van der Waals surface area contributed by atoms with Crippen LogP contribution in [0.1, 0.15) is 5.69 Å². The Hall–Kier alpha value is -1.90. The second-order valence-corrected chi connectivity index (χ2v) is 3.17. The van der Waals surface area contributed by atoms with Crippen molar-refractivity contribution < 1.29 is 0 Å². The summed E-state index contributed by atoms with van der Waals surface area (Å²) in [5.41, 5.74) is 9.19. The van der Waals surface area contributed by atoms with Gasteiger partial charge in [-0.15, -0.1) is 0 Å². The highest BCUT2D eigenvalue weighted by Crippen LogP contribution is 2.17. The van der Waals surface area contributed by atoms with Crippen LogP contribution in [0.5, 0.6) is 0 Å². The minimum absolute atomic E-state index is 0.759. The minimum atomic E-state index is 0.759. The van der Waals surface area contributed by atoms with Crippen molar-refractivity contribution in [2.45, 2.75) is 6.92 Å². The van der Waals surface area contributed by atoms with Crippen LogP contribution in [0.4, 0.5) is 5.69 Å². The van der Waals surface area contributed by atoms with Crippen molar-refractivity contribution in [1.29, 1.82) is 0 Å². The molecule has 0 saturated heterocycles. The first-order valence-corrected chi connectivity index (χ1v) is 4.40. The second-order valence-electron chi connectivity index (χ2n) is 3.17. The Bertz CT molecular complexity index is 435. The number of aryl methyl sites for hydroxylation is 1. The van der Waals surface area contributed by atoms with Crippen LogP contribution in [0.2, 0.25) is 0 Å². The minimum Gasteiger partial charge on any atom is -0.399 e. The van der Waals surface area contributed by atoms with E-state index in [4.69, 9.17) is 5.73 Å². The molecule has 0 aliphatic carbocycles. The van der Waals surface area contributed by atoms with Gasteiger partial charge < -0.3 is 5.73 Å². The van der Waals surface area contributed by atoms with Crippen LogP contribution in [0.15, 0.2) is 36.7 Å². The summed E-state index contributed by atoms with van der Waals surface area (Å²) in [6, 6.07) is 7.61. The fourth-order valence-corrected chi connectivity index (χ4v) is 1.26. The summed E-state index contributed by atoms with van der Waals surface area (Å²) in [6.45, 7) is 1.92. The van der Waals surface area contributed by atoms with Crippen molar-refractivity contribution >= 4 is 5.69 Å². The molecule has 1 aromatic heterocycles. The molecular weight excluding hydrogens is 174 g/mol. The molecule has 0 unspecified atom stereocenters. The van der Waals surface area contributed by atoms with Crippen molar-refractivity contribution in [3.8, 4) is 11.3 Å². The predicted molar refractivity (Wildman–Crippen MR) is 56.6 cm³/mol. The zero-order chi connectivity index (χ0) is 9.97. The number of nitrogen functional groups attached to an aromatic ring is 1. The normalized spacial score (nSPS) is 10.1. The lowest BCUT2D eigenvalue weighted by Gasteiger charge is -2.01. The average molecular weight is 185 g/mol. The van der Waals surface area contributed by atoms with Crippen molar-refractivity contribution in [2.24, 2.45) is 0 Å². The van der Waals surface area contributed by atoms with Gasteiger partial charge in [-0.1, -0.05) is 12.1 Å². The Labute approximate surface area is 82.6 Å². The molecule has 70 valence electrons. The zero-order valence-electron chi connectivity index (χ0n) is 7.94. The van der Waals surface area contributed by atoms with Crippen LogP contribution >= 0.6 is 0 Å². The van der Waals surface area contributed by atoms with E-state index in [0.717, 1.165) is 22.6 Å². The van der Waals surface area contributed by atoms with Crippen LogP contribution in [-0.2, 0) is 0 Å². The first kappa shape index (κ1) is 8.69. The highest BCUT2D eigenvalue weighted by Gasteiger charge is 1.98. The van der Waals surface area contributed by atoms with E-state index in [2.05, 4.69) is 9.97 Å². The lowest BCUT2D eigenvalue weighted by molar-refractivity contribution is 1.12. The number of aromatic nitrogens is 2. The van der Waals surface area contributed by atoms with E-state index >= 15 is 0 Å². The fraction of sp³-hybridized carbons (Fsp3) is 0.0909. The molecule has 0 spiro atoms. The number of nitrogens with two attached hydrogens (primary N) is 1. The van der Waals surface area contributed by atoms with Crippen LogP contribution in [0.3, 0.4) is 0 Å². The first-order valence-electron chi connectivity index (χ1n) is 4.40. The number of rotatable bonds is 1. The molecular formula is C11H11N3. The molecule has 0 radical (unpaired) electrons. The molecule has 0 saturated carbocycles. The molecule has 2 N–H and O–H groups in total. The van der Waals surface area contributed by atoms with Gasteiger partial charge in [-0.25, -0.2) is 4.98 Å². The Kier molecular flexibility index (Phi) is 2.14. The predicted octanol–water partition coefficient (Wildman–Crippen LogP) is 2.03. The lowest BCUT2D eigenvalue weighted by atomic mass is 10.1. The smallest absolute Gasteiger partial charge is 0.0888 e. The van der Waals surface area contributed by atoms with Crippen LogP contribution in [-0.4, -0.2) is 9.97 Å². The molecule has 0 amide bonds. The molecule has 1 aromatic carbocycles. The van der Waals surface area contributed by atoms with Gasteiger partial charge in [-0.05, 0) is 19.1 Å². The topological polar surface area (TPSA) is 51.8 Å². The number of benzene rings is 1. The van der Waals surface area contributed by atoms with Crippen LogP contribution in [0, 0.1) is 6.92 Å². The van der Waals surface area contributed by atoms with Gasteiger partial charge in [-0.2, -0.15) is 0 Å². The molecule has 1 heterocycles. The molecule has 14 heavy (non-hydrogen) atoms. The third kappa shape index (κ3) is 1.71. The van der Waals surface area contributed by atoms with Gasteiger partial charge in [0.25, 0.3) is 0 Å². The number of nitrogens with zero attached hydrogens (tertiary/aromatic N) is 2. The first-order chi connectivity index (χ1) is 6.75. The largest absolute Gasteiger partial charge is 0.399 e. The van der Waals surface area contributed by atoms with Crippen LogP contribution < -0.4 is 5.73 Å². The number of hydrogen-bond acceptors (Lipinski definition) is 3. The van der Waals surface area contributed by atoms with Gasteiger partial charge in [0, 0.05) is 17.4 Å². The third-order valence-corrected chi connectivity index (χ3v) is 1.96. The third-order valence-electron chi connectivity index (χ3n) is 1.96. The summed E-state index contributed by atoms with van der Waals surface area (Å²) in [6.07, 6.45) is 3.49. The van der Waals surface area contributed by atoms with Crippen molar-refractivity contribution in [3.05, 3.63) is 42.4 Å². The number of anilines is 1. The Morgan fingerprint density at radius 1 is 1.07 bits per heavy atom. The standard InChI is InChI=1S/C11H11N3/c1-8-6-13-7-11(14-8)9-2-4-10(12)5-3-9/h2-7H,12H2,1H3. The molecule has 0 fully saturated rings. The van der Waals surface area contributed by atoms with Gasteiger partial charge in [-0.3, -0.25) is 4.98 Å². The van der Waals surface area contributed by atoms with Gasteiger partial charge in [0.2, 0.25) is 0 Å². The highest BCUT2D eigenvalue weighted by molar-refractivity contribution is 5.60. The molecule has 0 aliphatic heterocycles. The maximum atomic E-state index is 5.60. The Morgan fingerprint density at radius 2 is 1.79 bits per heavy atom. The fourth-order valence-electron chi connectivity index (χ4n) is 1.26. The molecule has 2 aromatic rings. The maximum absolute atomic E-state index is 5.60. The molecule has 2 rings (SSSR count).